The smallest absolute Gasteiger partial charge is 0.242 e. The molecule has 0 atom stereocenters. The number of nitrogens with zero attached hydrogens (tertiary/aromatic N) is 2. The minimum atomic E-state index is -3.64. The highest BCUT2D eigenvalue weighted by Crippen LogP contribution is 2.20. The normalized spacial score (nSPS) is 12.1. The summed E-state index contributed by atoms with van der Waals surface area (Å²) in [7, 11) is -3.64. The fourth-order valence-electron chi connectivity index (χ4n) is 1.77. The summed E-state index contributed by atoms with van der Waals surface area (Å²) in [5.41, 5.74) is 0.660. The summed E-state index contributed by atoms with van der Waals surface area (Å²) in [4.78, 5) is 5.22. The van der Waals surface area contributed by atoms with E-state index in [-0.39, 0.29) is 16.5 Å². The van der Waals surface area contributed by atoms with E-state index in [1.807, 2.05) is 16.0 Å². The molecule has 104 valence electrons. The third-order valence-electron chi connectivity index (χ3n) is 2.71. The van der Waals surface area contributed by atoms with E-state index in [1.54, 1.807) is 24.4 Å². The fourth-order valence-corrected chi connectivity index (χ4v) is 4.01. The van der Waals surface area contributed by atoms with E-state index in [0.29, 0.717) is 5.69 Å². The van der Waals surface area contributed by atoms with E-state index in [9.17, 15) is 8.42 Å². The lowest BCUT2D eigenvalue weighted by atomic mass is 10.4. The Labute approximate surface area is 124 Å². The minimum absolute atomic E-state index is 0.0719. The lowest BCUT2D eigenvalue weighted by molar-refractivity contribution is 0.580. The van der Waals surface area contributed by atoms with Gasteiger partial charge in [-0.3, -0.25) is 4.40 Å². The average molecular weight is 328 g/mol. The van der Waals surface area contributed by atoms with Crippen molar-refractivity contribution in [2.45, 2.75) is 11.4 Å². The quantitative estimate of drug-likeness (QED) is 0.801. The summed E-state index contributed by atoms with van der Waals surface area (Å²) in [5.74, 6) is 0. The van der Waals surface area contributed by atoms with E-state index >= 15 is 0 Å². The van der Waals surface area contributed by atoms with Gasteiger partial charge in [0.1, 0.15) is 4.90 Å². The Kier molecular flexibility index (Phi) is 3.51. The molecule has 2 aromatic heterocycles. The number of sulfonamides is 1. The van der Waals surface area contributed by atoms with Crippen LogP contribution in [0.4, 0.5) is 0 Å². The Morgan fingerprint density at radius 3 is 2.90 bits per heavy atom. The van der Waals surface area contributed by atoms with Gasteiger partial charge in [-0.1, -0.05) is 23.7 Å². The van der Waals surface area contributed by atoms with Gasteiger partial charge in [0.05, 0.1) is 17.3 Å². The first-order valence-corrected chi connectivity index (χ1v) is 8.45. The van der Waals surface area contributed by atoms with E-state index in [1.165, 1.54) is 17.4 Å². The van der Waals surface area contributed by atoms with Crippen LogP contribution < -0.4 is 4.72 Å². The maximum absolute atomic E-state index is 12.2. The number of aromatic nitrogens is 2. The molecule has 3 aromatic rings. The summed E-state index contributed by atoms with van der Waals surface area (Å²) in [6.07, 6.45) is 3.67. The lowest BCUT2D eigenvalue weighted by Gasteiger charge is -2.06. The second-order valence-electron chi connectivity index (χ2n) is 4.08. The summed E-state index contributed by atoms with van der Waals surface area (Å²) in [6, 6.07) is 6.33. The van der Waals surface area contributed by atoms with Crippen LogP contribution in [-0.2, 0) is 16.6 Å². The zero-order valence-electron chi connectivity index (χ0n) is 10.2. The van der Waals surface area contributed by atoms with Crippen molar-refractivity contribution in [3.05, 3.63) is 52.8 Å². The molecule has 0 aliphatic carbocycles. The molecule has 5 nitrogen and oxygen atoms in total. The molecule has 0 aliphatic rings. The zero-order chi connectivity index (χ0) is 14.2. The third-order valence-corrected chi connectivity index (χ3v) is 5.38. The summed E-state index contributed by atoms with van der Waals surface area (Å²) in [6.45, 7) is 0.127. The van der Waals surface area contributed by atoms with Crippen LogP contribution in [-0.4, -0.2) is 17.8 Å². The molecule has 8 heteroatoms. The molecule has 0 unspecified atom stereocenters. The Morgan fingerprint density at radius 1 is 1.35 bits per heavy atom. The maximum Gasteiger partial charge on any atom is 0.242 e. The molecule has 20 heavy (non-hydrogen) atoms. The first-order chi connectivity index (χ1) is 9.56. The number of nitrogens with one attached hydrogen (secondary N) is 1. The van der Waals surface area contributed by atoms with E-state index in [2.05, 4.69) is 9.71 Å². The first kappa shape index (κ1) is 13.6. The topological polar surface area (TPSA) is 63.5 Å². The average Bonchev–Trinajstić information content (AvgIpc) is 2.97. The van der Waals surface area contributed by atoms with Crippen LogP contribution in [0.2, 0.25) is 5.02 Å². The molecule has 0 amide bonds. The third kappa shape index (κ3) is 2.57. The number of hydrogen-bond donors (Lipinski definition) is 1. The standard InChI is InChI=1S/C12H10ClN3O2S2/c13-10-3-1-2-4-11(10)20(17,18)14-7-9-8-16-5-6-19-12(16)15-9/h1-6,8,14H,7H2. The highest BCUT2D eigenvalue weighted by molar-refractivity contribution is 7.89. The molecule has 2 heterocycles. The monoisotopic (exact) mass is 327 g/mol. The molecule has 0 spiro atoms. The molecular weight excluding hydrogens is 318 g/mol. The number of benzene rings is 1. The molecule has 0 aliphatic heterocycles. The Balaban J connectivity index is 1.80. The molecule has 1 aromatic carbocycles. The highest BCUT2D eigenvalue weighted by Gasteiger charge is 2.17. The Bertz CT molecular complexity index is 826. The number of halogens is 1. The van der Waals surface area contributed by atoms with Crippen molar-refractivity contribution in [3.63, 3.8) is 0 Å². The van der Waals surface area contributed by atoms with Gasteiger partial charge in [-0.25, -0.2) is 18.1 Å². The molecule has 0 saturated heterocycles. The van der Waals surface area contributed by atoms with E-state index in [0.717, 1.165) is 4.96 Å². The highest BCUT2D eigenvalue weighted by atomic mass is 35.5. The van der Waals surface area contributed by atoms with Crippen molar-refractivity contribution in [1.82, 2.24) is 14.1 Å². The van der Waals surface area contributed by atoms with Gasteiger partial charge < -0.3 is 0 Å². The van der Waals surface area contributed by atoms with Crippen molar-refractivity contribution in [2.24, 2.45) is 0 Å². The van der Waals surface area contributed by atoms with Crippen LogP contribution in [0, 0.1) is 0 Å². The van der Waals surface area contributed by atoms with E-state index in [4.69, 9.17) is 11.6 Å². The first-order valence-electron chi connectivity index (χ1n) is 5.71. The van der Waals surface area contributed by atoms with Gasteiger partial charge in [0.15, 0.2) is 4.96 Å². The lowest BCUT2D eigenvalue weighted by Crippen LogP contribution is -2.23. The molecule has 0 fully saturated rings. The van der Waals surface area contributed by atoms with E-state index < -0.39 is 10.0 Å². The van der Waals surface area contributed by atoms with Crippen LogP contribution in [0.5, 0.6) is 0 Å². The summed E-state index contributed by atoms with van der Waals surface area (Å²) >= 11 is 7.39. The van der Waals surface area contributed by atoms with Gasteiger partial charge in [-0.2, -0.15) is 0 Å². The zero-order valence-corrected chi connectivity index (χ0v) is 12.5. The largest absolute Gasteiger partial charge is 0.297 e. The molecular formula is C12H10ClN3O2S2. The van der Waals surface area contributed by atoms with Crippen molar-refractivity contribution < 1.29 is 8.42 Å². The van der Waals surface area contributed by atoms with Crippen LogP contribution >= 0.6 is 22.9 Å². The van der Waals surface area contributed by atoms with Crippen LogP contribution in [0.3, 0.4) is 0 Å². The van der Waals surface area contributed by atoms with Crippen LogP contribution in [0.1, 0.15) is 5.69 Å². The number of thiazole rings is 1. The Hall–Kier alpha value is -1.41. The van der Waals surface area contributed by atoms with Gasteiger partial charge in [0.2, 0.25) is 10.0 Å². The molecule has 0 radical (unpaired) electrons. The van der Waals surface area contributed by atoms with Gasteiger partial charge in [-0.05, 0) is 12.1 Å². The molecule has 3 rings (SSSR count). The second kappa shape index (κ2) is 5.17. The van der Waals surface area contributed by atoms with Crippen LogP contribution in [0.25, 0.3) is 4.96 Å². The molecule has 0 bridgehead atoms. The summed E-state index contributed by atoms with van der Waals surface area (Å²) < 4.78 is 28.7. The number of imidazole rings is 1. The van der Waals surface area contributed by atoms with Gasteiger partial charge in [0.25, 0.3) is 0 Å². The molecule has 0 saturated carbocycles. The number of rotatable bonds is 4. The van der Waals surface area contributed by atoms with Gasteiger partial charge in [0, 0.05) is 17.8 Å². The maximum atomic E-state index is 12.2. The summed E-state index contributed by atoms with van der Waals surface area (Å²) in [5, 5.41) is 2.12. The van der Waals surface area contributed by atoms with Crippen molar-refractivity contribution >= 4 is 37.9 Å². The van der Waals surface area contributed by atoms with Gasteiger partial charge in [-0.15, -0.1) is 11.3 Å². The number of fused-ring (bicyclic) bond motifs is 1. The predicted molar refractivity (Wildman–Crippen MR) is 78.5 cm³/mol. The SMILES string of the molecule is O=S(=O)(NCc1cn2ccsc2n1)c1ccccc1Cl. The van der Waals surface area contributed by atoms with Crippen LogP contribution in [0.15, 0.2) is 46.9 Å². The van der Waals surface area contributed by atoms with Crippen molar-refractivity contribution in [3.8, 4) is 0 Å². The number of hydrogen-bond acceptors (Lipinski definition) is 4. The fraction of sp³-hybridized carbons (Fsp3) is 0.0833. The second-order valence-corrected chi connectivity index (χ2v) is 7.10. The molecule has 1 N–H and O–H groups in total. The Morgan fingerprint density at radius 2 is 2.15 bits per heavy atom. The van der Waals surface area contributed by atoms with Gasteiger partial charge >= 0.3 is 0 Å². The predicted octanol–water partition coefficient (Wildman–Crippen LogP) is 2.53. The minimum Gasteiger partial charge on any atom is -0.297 e. The van der Waals surface area contributed by atoms with Crippen molar-refractivity contribution in [1.29, 1.82) is 0 Å². The van der Waals surface area contributed by atoms with Crippen molar-refractivity contribution in [2.75, 3.05) is 0 Å².